The van der Waals surface area contributed by atoms with Crippen LogP contribution in [0.1, 0.15) is 41.2 Å². The SMILES string of the molecule is CNCC1CCN(C(=O)c2cc(C3CC3)nc3ccc(F)cc23)C1.Cl.Cl. The molecule has 1 atom stereocenters. The third-order valence-electron chi connectivity index (χ3n) is 5.08. The molecule has 4 nitrogen and oxygen atoms in total. The highest BCUT2D eigenvalue weighted by Crippen LogP contribution is 2.40. The van der Waals surface area contributed by atoms with E-state index in [9.17, 15) is 9.18 Å². The number of carbonyl (C=O) groups is 1. The monoisotopic (exact) mass is 399 g/mol. The number of likely N-dealkylation sites (tertiary alicyclic amines) is 1. The largest absolute Gasteiger partial charge is 0.338 e. The molecule has 0 radical (unpaired) electrons. The Morgan fingerprint density at radius 2 is 2.04 bits per heavy atom. The van der Waals surface area contributed by atoms with Gasteiger partial charge in [0.15, 0.2) is 0 Å². The Morgan fingerprint density at radius 1 is 1.27 bits per heavy atom. The molecule has 142 valence electrons. The lowest BCUT2D eigenvalue weighted by atomic mass is 10.0. The van der Waals surface area contributed by atoms with E-state index in [2.05, 4.69) is 10.3 Å². The molecule has 1 N–H and O–H groups in total. The van der Waals surface area contributed by atoms with E-state index in [0.29, 0.717) is 22.8 Å². The van der Waals surface area contributed by atoms with Crippen molar-refractivity contribution in [2.24, 2.45) is 5.92 Å². The van der Waals surface area contributed by atoms with Crippen LogP contribution in [0.2, 0.25) is 0 Å². The van der Waals surface area contributed by atoms with E-state index in [0.717, 1.165) is 50.1 Å². The van der Waals surface area contributed by atoms with Crippen LogP contribution in [-0.2, 0) is 0 Å². The second-order valence-corrected chi connectivity index (χ2v) is 6.99. The summed E-state index contributed by atoms with van der Waals surface area (Å²) in [6.07, 6.45) is 3.27. The quantitative estimate of drug-likeness (QED) is 0.850. The van der Waals surface area contributed by atoms with E-state index in [4.69, 9.17) is 0 Å². The van der Waals surface area contributed by atoms with Crippen LogP contribution < -0.4 is 5.32 Å². The minimum absolute atomic E-state index is 0. The first-order chi connectivity index (χ1) is 11.7. The van der Waals surface area contributed by atoms with Gasteiger partial charge >= 0.3 is 0 Å². The summed E-state index contributed by atoms with van der Waals surface area (Å²) in [5.74, 6) is 0.633. The molecule has 1 aliphatic carbocycles. The molecule has 2 aromatic rings. The number of nitrogens with zero attached hydrogens (tertiary/aromatic N) is 2. The Labute approximate surface area is 165 Å². The van der Waals surface area contributed by atoms with Crippen molar-refractivity contribution < 1.29 is 9.18 Å². The van der Waals surface area contributed by atoms with Crippen LogP contribution >= 0.6 is 24.8 Å². The van der Waals surface area contributed by atoms with Crippen LogP contribution in [0.15, 0.2) is 24.3 Å². The molecular weight excluding hydrogens is 376 g/mol. The van der Waals surface area contributed by atoms with Gasteiger partial charge in [-0.15, -0.1) is 24.8 Å². The van der Waals surface area contributed by atoms with Gasteiger partial charge in [0.1, 0.15) is 5.82 Å². The summed E-state index contributed by atoms with van der Waals surface area (Å²) in [5, 5.41) is 3.81. The third kappa shape index (κ3) is 4.11. The number of amides is 1. The van der Waals surface area contributed by atoms with Gasteiger partial charge in [-0.25, -0.2) is 4.39 Å². The van der Waals surface area contributed by atoms with Crippen molar-refractivity contribution in [2.75, 3.05) is 26.7 Å². The summed E-state index contributed by atoms with van der Waals surface area (Å²) in [5.41, 5.74) is 2.30. The van der Waals surface area contributed by atoms with Crippen LogP contribution in [0.4, 0.5) is 4.39 Å². The minimum atomic E-state index is -0.327. The number of aromatic nitrogens is 1. The predicted molar refractivity (Wildman–Crippen MR) is 106 cm³/mol. The highest BCUT2D eigenvalue weighted by Gasteiger charge is 2.30. The van der Waals surface area contributed by atoms with Gasteiger partial charge in [-0.2, -0.15) is 0 Å². The fraction of sp³-hybridized carbons (Fsp3) is 0.474. The Morgan fingerprint density at radius 3 is 2.73 bits per heavy atom. The zero-order valence-electron chi connectivity index (χ0n) is 14.7. The van der Waals surface area contributed by atoms with E-state index in [1.807, 2.05) is 18.0 Å². The lowest BCUT2D eigenvalue weighted by Crippen LogP contribution is -2.30. The Hall–Kier alpha value is -1.43. The second kappa shape index (κ2) is 8.51. The summed E-state index contributed by atoms with van der Waals surface area (Å²) < 4.78 is 13.7. The number of pyridine rings is 1. The number of nitrogens with one attached hydrogen (secondary N) is 1. The lowest BCUT2D eigenvalue weighted by Gasteiger charge is -2.18. The lowest BCUT2D eigenvalue weighted by molar-refractivity contribution is 0.0789. The molecule has 1 amide bonds. The summed E-state index contributed by atoms with van der Waals surface area (Å²) in [7, 11) is 1.94. The number of hydrogen-bond donors (Lipinski definition) is 1. The van der Waals surface area contributed by atoms with Gasteiger partial charge in [-0.3, -0.25) is 9.78 Å². The van der Waals surface area contributed by atoms with Crippen molar-refractivity contribution in [3.63, 3.8) is 0 Å². The molecule has 4 rings (SSSR count). The van der Waals surface area contributed by atoms with Gasteiger partial charge in [0, 0.05) is 30.1 Å². The molecule has 26 heavy (non-hydrogen) atoms. The smallest absolute Gasteiger partial charge is 0.254 e. The van der Waals surface area contributed by atoms with E-state index < -0.39 is 0 Å². The normalized spacial score (nSPS) is 19.2. The maximum absolute atomic E-state index is 13.7. The number of rotatable bonds is 4. The molecule has 1 aromatic heterocycles. The van der Waals surface area contributed by atoms with Crippen LogP contribution in [-0.4, -0.2) is 42.5 Å². The van der Waals surface area contributed by atoms with Gasteiger partial charge in [-0.05, 0) is 63.0 Å². The van der Waals surface area contributed by atoms with Crippen molar-refractivity contribution >= 4 is 41.6 Å². The Bertz CT molecular complexity index is 798. The predicted octanol–water partition coefficient (Wildman–Crippen LogP) is 3.78. The highest BCUT2D eigenvalue weighted by molar-refractivity contribution is 6.06. The number of fused-ring (bicyclic) bond motifs is 1. The molecule has 0 spiro atoms. The molecule has 0 bridgehead atoms. The van der Waals surface area contributed by atoms with Crippen LogP contribution in [0, 0.1) is 11.7 Å². The molecule has 1 aromatic carbocycles. The van der Waals surface area contributed by atoms with E-state index in [1.54, 1.807) is 6.07 Å². The summed E-state index contributed by atoms with van der Waals surface area (Å²) in [6.45, 7) is 2.45. The average Bonchev–Trinajstić information content (AvgIpc) is 3.33. The van der Waals surface area contributed by atoms with Crippen molar-refractivity contribution in [1.29, 1.82) is 0 Å². The van der Waals surface area contributed by atoms with Crippen LogP contribution in [0.25, 0.3) is 10.9 Å². The molecule has 2 heterocycles. The fourth-order valence-corrected chi connectivity index (χ4v) is 3.63. The van der Waals surface area contributed by atoms with E-state index in [1.165, 1.54) is 12.1 Å². The van der Waals surface area contributed by atoms with Gasteiger partial charge in [0.2, 0.25) is 0 Å². The Balaban J connectivity index is 0.00000121. The number of hydrogen-bond acceptors (Lipinski definition) is 3. The summed E-state index contributed by atoms with van der Waals surface area (Å²) in [6, 6.07) is 6.43. The average molecular weight is 400 g/mol. The maximum Gasteiger partial charge on any atom is 0.254 e. The summed E-state index contributed by atoms with van der Waals surface area (Å²) in [4.78, 5) is 19.6. The molecule has 1 aliphatic heterocycles. The third-order valence-corrected chi connectivity index (χ3v) is 5.08. The van der Waals surface area contributed by atoms with E-state index >= 15 is 0 Å². The topological polar surface area (TPSA) is 45.2 Å². The number of halogens is 3. The first-order valence-corrected chi connectivity index (χ1v) is 8.70. The van der Waals surface area contributed by atoms with Crippen molar-refractivity contribution in [3.05, 3.63) is 41.3 Å². The van der Waals surface area contributed by atoms with Crippen LogP contribution in [0.3, 0.4) is 0 Å². The Kier molecular flexibility index (Phi) is 6.83. The molecule has 2 aliphatic rings. The van der Waals surface area contributed by atoms with E-state index in [-0.39, 0.29) is 36.5 Å². The first-order valence-electron chi connectivity index (χ1n) is 8.70. The molecule has 1 saturated carbocycles. The van der Waals surface area contributed by atoms with Crippen LogP contribution in [0.5, 0.6) is 0 Å². The maximum atomic E-state index is 13.7. The minimum Gasteiger partial charge on any atom is -0.338 e. The van der Waals surface area contributed by atoms with Gasteiger partial charge in [0.25, 0.3) is 5.91 Å². The second-order valence-electron chi connectivity index (χ2n) is 6.99. The highest BCUT2D eigenvalue weighted by atomic mass is 35.5. The zero-order valence-corrected chi connectivity index (χ0v) is 16.3. The number of carbonyl (C=O) groups excluding carboxylic acids is 1. The fourth-order valence-electron chi connectivity index (χ4n) is 3.63. The molecule has 7 heteroatoms. The molecule has 2 fully saturated rings. The standard InChI is InChI=1S/C19H22FN3O.2ClH/c1-21-10-12-6-7-23(11-12)19(24)16-9-18(13-2-3-13)22-17-5-4-14(20)8-15(16)17;;/h4-5,8-9,12-13,21H,2-3,6-7,10-11H2,1H3;2*1H. The van der Waals surface area contributed by atoms with Gasteiger partial charge in [-0.1, -0.05) is 0 Å². The number of benzene rings is 1. The summed E-state index contributed by atoms with van der Waals surface area (Å²) >= 11 is 0. The first kappa shape index (κ1) is 20.9. The molecule has 1 saturated heterocycles. The zero-order chi connectivity index (χ0) is 16.7. The molecular formula is C19H24Cl2FN3O. The van der Waals surface area contributed by atoms with Crippen molar-refractivity contribution in [1.82, 2.24) is 15.2 Å². The van der Waals surface area contributed by atoms with Crippen molar-refractivity contribution in [2.45, 2.75) is 25.2 Å². The molecule has 1 unspecified atom stereocenters. The van der Waals surface area contributed by atoms with Gasteiger partial charge < -0.3 is 10.2 Å². The van der Waals surface area contributed by atoms with Gasteiger partial charge in [0.05, 0.1) is 11.1 Å². The van der Waals surface area contributed by atoms with Crippen molar-refractivity contribution in [3.8, 4) is 0 Å².